The number of nitrogens with zero attached hydrogens (tertiary/aromatic N) is 2. The van der Waals surface area contributed by atoms with Crippen molar-refractivity contribution in [1.29, 1.82) is 0 Å². The Morgan fingerprint density at radius 3 is 2.52 bits per heavy atom. The van der Waals surface area contributed by atoms with E-state index < -0.39 is 5.91 Å². The van der Waals surface area contributed by atoms with Gasteiger partial charge in [0.05, 0.1) is 11.0 Å². The zero-order chi connectivity index (χ0) is 17.4. The van der Waals surface area contributed by atoms with Crippen LogP contribution >= 0.6 is 11.6 Å². The second kappa shape index (κ2) is 6.07. The molecule has 0 saturated heterocycles. The van der Waals surface area contributed by atoms with Gasteiger partial charge >= 0.3 is 0 Å². The SMILES string of the molecule is NC(=O)c1ccc2ncn(-c3cccc(-c4ccc(Cl)cc4)c3)c2c1. The number of hydrogen-bond donors (Lipinski definition) is 1. The van der Waals surface area contributed by atoms with Crippen molar-refractivity contribution >= 4 is 28.5 Å². The van der Waals surface area contributed by atoms with Crippen molar-refractivity contribution in [2.75, 3.05) is 0 Å². The van der Waals surface area contributed by atoms with Crippen LogP contribution in [0, 0.1) is 0 Å². The van der Waals surface area contributed by atoms with Gasteiger partial charge in [0.15, 0.2) is 0 Å². The maximum atomic E-state index is 11.5. The Morgan fingerprint density at radius 2 is 1.76 bits per heavy atom. The summed E-state index contributed by atoms with van der Waals surface area (Å²) in [5, 5.41) is 0.708. The van der Waals surface area contributed by atoms with E-state index >= 15 is 0 Å². The molecule has 0 spiro atoms. The van der Waals surface area contributed by atoms with Gasteiger partial charge in [0.2, 0.25) is 5.91 Å². The number of carbonyl (C=O) groups is 1. The predicted octanol–water partition coefficient (Wildman–Crippen LogP) is 4.44. The van der Waals surface area contributed by atoms with E-state index in [1.807, 2.05) is 47.0 Å². The second-order valence-electron chi connectivity index (χ2n) is 5.74. The maximum absolute atomic E-state index is 11.5. The van der Waals surface area contributed by atoms with E-state index in [4.69, 9.17) is 17.3 Å². The molecule has 1 amide bonds. The van der Waals surface area contributed by atoms with Crippen LogP contribution in [0.25, 0.3) is 27.8 Å². The Hall–Kier alpha value is -3.11. The third-order valence-corrected chi connectivity index (χ3v) is 4.39. The van der Waals surface area contributed by atoms with Crippen molar-refractivity contribution in [3.05, 3.63) is 83.6 Å². The molecule has 5 heteroatoms. The fourth-order valence-corrected chi connectivity index (χ4v) is 2.97. The monoisotopic (exact) mass is 347 g/mol. The van der Waals surface area contributed by atoms with Gasteiger partial charge < -0.3 is 5.73 Å². The van der Waals surface area contributed by atoms with Gasteiger partial charge in [-0.05, 0) is 53.6 Å². The van der Waals surface area contributed by atoms with Crippen LogP contribution in [0.3, 0.4) is 0 Å². The van der Waals surface area contributed by atoms with Gasteiger partial charge in [-0.25, -0.2) is 4.98 Å². The number of hydrogen-bond acceptors (Lipinski definition) is 2. The smallest absolute Gasteiger partial charge is 0.248 e. The van der Waals surface area contributed by atoms with Crippen molar-refractivity contribution < 1.29 is 4.79 Å². The van der Waals surface area contributed by atoms with Crippen molar-refractivity contribution in [1.82, 2.24) is 9.55 Å². The number of primary amides is 1. The Balaban J connectivity index is 1.83. The minimum absolute atomic E-state index is 0.454. The minimum atomic E-state index is -0.454. The van der Waals surface area contributed by atoms with Gasteiger partial charge in [0.25, 0.3) is 0 Å². The van der Waals surface area contributed by atoms with E-state index in [1.165, 1.54) is 0 Å². The van der Waals surface area contributed by atoms with Crippen molar-refractivity contribution in [2.45, 2.75) is 0 Å². The molecule has 0 aliphatic rings. The molecule has 122 valence electrons. The van der Waals surface area contributed by atoms with E-state index in [2.05, 4.69) is 11.1 Å². The van der Waals surface area contributed by atoms with Crippen LogP contribution in [0.5, 0.6) is 0 Å². The number of aromatic nitrogens is 2. The fraction of sp³-hybridized carbons (Fsp3) is 0. The highest BCUT2D eigenvalue weighted by atomic mass is 35.5. The zero-order valence-electron chi connectivity index (χ0n) is 13.2. The van der Waals surface area contributed by atoms with Crippen molar-refractivity contribution in [2.24, 2.45) is 5.73 Å². The van der Waals surface area contributed by atoms with Crippen LogP contribution in [0.4, 0.5) is 0 Å². The number of carbonyl (C=O) groups excluding carboxylic acids is 1. The molecule has 0 radical (unpaired) electrons. The average molecular weight is 348 g/mol. The van der Waals surface area contributed by atoms with Crippen molar-refractivity contribution in [3.63, 3.8) is 0 Å². The highest BCUT2D eigenvalue weighted by Crippen LogP contribution is 2.26. The summed E-state index contributed by atoms with van der Waals surface area (Å²) in [5.41, 5.74) is 10.6. The van der Waals surface area contributed by atoms with E-state index in [9.17, 15) is 4.79 Å². The lowest BCUT2D eigenvalue weighted by Crippen LogP contribution is -2.10. The van der Waals surface area contributed by atoms with Gasteiger partial charge in [-0.3, -0.25) is 9.36 Å². The third-order valence-electron chi connectivity index (χ3n) is 4.13. The van der Waals surface area contributed by atoms with Crippen LogP contribution < -0.4 is 5.73 Å². The van der Waals surface area contributed by atoms with Crippen LogP contribution in [0.1, 0.15) is 10.4 Å². The largest absolute Gasteiger partial charge is 0.366 e. The molecule has 0 saturated carbocycles. The molecule has 3 aromatic carbocycles. The molecule has 0 aliphatic heterocycles. The molecule has 0 bridgehead atoms. The number of halogens is 1. The van der Waals surface area contributed by atoms with E-state index in [0.29, 0.717) is 10.6 Å². The summed E-state index contributed by atoms with van der Waals surface area (Å²) in [5.74, 6) is -0.454. The summed E-state index contributed by atoms with van der Waals surface area (Å²) in [4.78, 5) is 15.9. The van der Waals surface area contributed by atoms with Gasteiger partial charge in [-0.1, -0.05) is 35.9 Å². The number of benzene rings is 3. The van der Waals surface area contributed by atoms with Gasteiger partial charge in [0.1, 0.15) is 6.33 Å². The lowest BCUT2D eigenvalue weighted by molar-refractivity contribution is 0.100. The van der Waals surface area contributed by atoms with Crippen LogP contribution in [0.2, 0.25) is 5.02 Å². The first kappa shape index (κ1) is 15.4. The second-order valence-corrected chi connectivity index (χ2v) is 6.18. The number of rotatable bonds is 3. The average Bonchev–Trinajstić information content (AvgIpc) is 3.05. The normalized spacial score (nSPS) is 10.9. The summed E-state index contributed by atoms with van der Waals surface area (Å²) in [6.07, 6.45) is 1.75. The first-order valence-electron chi connectivity index (χ1n) is 7.75. The number of amides is 1. The maximum Gasteiger partial charge on any atom is 0.248 e. The molecule has 0 fully saturated rings. The van der Waals surface area contributed by atoms with Crippen LogP contribution in [0.15, 0.2) is 73.1 Å². The first-order chi connectivity index (χ1) is 12.1. The molecule has 1 aromatic heterocycles. The molecule has 0 aliphatic carbocycles. The first-order valence-corrected chi connectivity index (χ1v) is 8.13. The number of nitrogens with two attached hydrogens (primary N) is 1. The molecular formula is C20H14ClN3O. The summed E-state index contributed by atoms with van der Waals surface area (Å²) in [6, 6.07) is 21.1. The number of imidazole rings is 1. The lowest BCUT2D eigenvalue weighted by Gasteiger charge is -2.08. The highest BCUT2D eigenvalue weighted by Gasteiger charge is 2.09. The molecule has 25 heavy (non-hydrogen) atoms. The van der Waals surface area contributed by atoms with E-state index in [0.717, 1.165) is 27.8 Å². The molecule has 4 rings (SSSR count). The lowest BCUT2D eigenvalue weighted by atomic mass is 10.1. The molecule has 0 unspecified atom stereocenters. The molecule has 0 atom stereocenters. The van der Waals surface area contributed by atoms with Gasteiger partial charge in [-0.2, -0.15) is 0 Å². The Bertz CT molecular complexity index is 1080. The van der Waals surface area contributed by atoms with Crippen LogP contribution in [-0.2, 0) is 0 Å². The van der Waals surface area contributed by atoms with Crippen molar-refractivity contribution in [3.8, 4) is 16.8 Å². The summed E-state index contributed by atoms with van der Waals surface area (Å²) in [6.45, 7) is 0. The molecule has 4 nitrogen and oxygen atoms in total. The Labute approximate surface area is 149 Å². The van der Waals surface area contributed by atoms with Crippen LogP contribution in [-0.4, -0.2) is 15.5 Å². The molecular weight excluding hydrogens is 334 g/mol. The zero-order valence-corrected chi connectivity index (χ0v) is 13.9. The van der Waals surface area contributed by atoms with E-state index in [1.54, 1.807) is 24.5 Å². The molecule has 1 heterocycles. The summed E-state index contributed by atoms with van der Waals surface area (Å²) in [7, 11) is 0. The number of fused-ring (bicyclic) bond motifs is 1. The Kier molecular flexibility index (Phi) is 3.75. The highest BCUT2D eigenvalue weighted by molar-refractivity contribution is 6.30. The molecule has 4 aromatic rings. The van der Waals surface area contributed by atoms with E-state index in [-0.39, 0.29) is 0 Å². The standard InChI is InChI=1S/C20H14ClN3O/c21-16-7-4-13(5-8-16)14-2-1-3-17(10-14)24-12-23-18-9-6-15(20(22)25)11-19(18)24/h1-12H,(H2,22,25). The Morgan fingerprint density at radius 1 is 0.960 bits per heavy atom. The quantitative estimate of drug-likeness (QED) is 0.595. The van der Waals surface area contributed by atoms with Gasteiger partial charge in [-0.15, -0.1) is 0 Å². The topological polar surface area (TPSA) is 60.9 Å². The molecule has 2 N–H and O–H groups in total. The predicted molar refractivity (Wildman–Crippen MR) is 100 cm³/mol. The summed E-state index contributed by atoms with van der Waals surface area (Å²) >= 11 is 5.97. The van der Waals surface area contributed by atoms with Gasteiger partial charge in [0, 0.05) is 16.3 Å². The third kappa shape index (κ3) is 2.88. The summed E-state index contributed by atoms with van der Waals surface area (Å²) < 4.78 is 1.95. The fourth-order valence-electron chi connectivity index (χ4n) is 2.84. The minimum Gasteiger partial charge on any atom is -0.366 e.